The van der Waals surface area contributed by atoms with Gasteiger partial charge in [0, 0.05) is 22.6 Å². The van der Waals surface area contributed by atoms with Gasteiger partial charge in [-0.3, -0.25) is 0 Å². The van der Waals surface area contributed by atoms with E-state index in [0.717, 1.165) is 24.5 Å². The van der Waals surface area contributed by atoms with E-state index in [-0.39, 0.29) is 11.9 Å². The van der Waals surface area contributed by atoms with E-state index in [1.165, 1.54) is 11.1 Å². The summed E-state index contributed by atoms with van der Waals surface area (Å²) in [5.74, 6) is 1.79. The molecule has 0 radical (unpaired) electrons. The smallest absolute Gasteiger partial charge is 0.122 e. The van der Waals surface area contributed by atoms with E-state index < -0.39 is 0 Å². The second-order valence-electron chi connectivity index (χ2n) is 5.05. The molecule has 114 valence electrons. The van der Waals surface area contributed by atoms with Crippen LogP contribution in [-0.4, -0.2) is 30.6 Å². The van der Waals surface area contributed by atoms with Crippen molar-refractivity contribution in [2.45, 2.75) is 44.2 Å². The minimum atomic E-state index is 0.209. The lowest BCUT2D eigenvalue weighted by atomic mass is 10.0. The molecule has 0 aromatic heterocycles. The molecule has 2 atom stereocenters. The maximum absolute atomic E-state index is 9.12. The number of rotatable bonds is 9. The van der Waals surface area contributed by atoms with E-state index in [1.54, 1.807) is 18.9 Å². The number of nitrogens with one attached hydrogen (secondary N) is 1. The first-order chi connectivity index (χ1) is 9.62. The molecule has 1 rings (SSSR count). The molecule has 20 heavy (non-hydrogen) atoms. The van der Waals surface area contributed by atoms with Crippen LogP contribution in [0, 0.1) is 0 Å². The number of aliphatic hydroxyl groups excluding tert-OH is 1. The van der Waals surface area contributed by atoms with Crippen molar-refractivity contribution in [3.63, 3.8) is 0 Å². The van der Waals surface area contributed by atoms with Crippen molar-refractivity contribution in [2.75, 3.05) is 20.3 Å². The fourth-order valence-corrected chi connectivity index (χ4v) is 2.74. The van der Waals surface area contributed by atoms with Gasteiger partial charge in [-0.05, 0) is 37.6 Å². The Hall–Kier alpha value is -0.710. The Kier molecular flexibility index (Phi) is 8.04. The summed E-state index contributed by atoms with van der Waals surface area (Å²) >= 11 is 1.75. The van der Waals surface area contributed by atoms with Crippen LogP contribution in [0.4, 0.5) is 0 Å². The van der Waals surface area contributed by atoms with Gasteiger partial charge in [-0.1, -0.05) is 19.9 Å². The lowest BCUT2D eigenvalue weighted by Crippen LogP contribution is -2.19. The normalized spacial score (nSPS) is 14.1. The Labute approximate surface area is 127 Å². The zero-order valence-corrected chi connectivity index (χ0v) is 13.8. The molecule has 0 bridgehead atoms. The highest BCUT2D eigenvalue weighted by Crippen LogP contribution is 2.28. The van der Waals surface area contributed by atoms with Crippen molar-refractivity contribution in [3.05, 3.63) is 29.3 Å². The quantitative estimate of drug-likeness (QED) is 0.733. The molecule has 0 aliphatic heterocycles. The summed E-state index contributed by atoms with van der Waals surface area (Å²) in [6.07, 6.45) is 1.14. The van der Waals surface area contributed by atoms with Gasteiger partial charge in [0.05, 0.1) is 13.7 Å². The Balaban J connectivity index is 2.79. The number of thioether (sulfide) groups is 1. The first-order valence-corrected chi connectivity index (χ1v) is 8.29. The van der Waals surface area contributed by atoms with Crippen LogP contribution in [0.3, 0.4) is 0 Å². The Morgan fingerprint density at radius 2 is 2.10 bits per heavy atom. The highest BCUT2D eigenvalue weighted by molar-refractivity contribution is 7.99. The molecule has 4 heteroatoms. The second kappa shape index (κ2) is 9.27. The fraction of sp³-hybridized carbons (Fsp3) is 0.625. The van der Waals surface area contributed by atoms with Gasteiger partial charge in [0.25, 0.3) is 0 Å². The molecule has 0 saturated carbocycles. The van der Waals surface area contributed by atoms with Crippen LogP contribution in [0.5, 0.6) is 5.75 Å². The minimum Gasteiger partial charge on any atom is -0.496 e. The van der Waals surface area contributed by atoms with Gasteiger partial charge in [-0.2, -0.15) is 11.8 Å². The van der Waals surface area contributed by atoms with Crippen LogP contribution in [-0.2, 0) is 5.75 Å². The van der Waals surface area contributed by atoms with Crippen molar-refractivity contribution in [1.29, 1.82) is 0 Å². The highest BCUT2D eigenvalue weighted by atomic mass is 32.2. The third-order valence-electron chi connectivity index (χ3n) is 3.29. The average Bonchev–Trinajstić information content (AvgIpc) is 2.49. The summed E-state index contributed by atoms with van der Waals surface area (Å²) in [6, 6.07) is 6.72. The monoisotopic (exact) mass is 297 g/mol. The number of benzene rings is 1. The third kappa shape index (κ3) is 5.35. The molecule has 2 N–H and O–H groups in total. The van der Waals surface area contributed by atoms with Gasteiger partial charge in [0.1, 0.15) is 5.75 Å². The first kappa shape index (κ1) is 17.3. The molecule has 1 aromatic rings. The van der Waals surface area contributed by atoms with Gasteiger partial charge in [0.15, 0.2) is 0 Å². The Morgan fingerprint density at radius 1 is 1.35 bits per heavy atom. The van der Waals surface area contributed by atoms with Gasteiger partial charge in [-0.25, -0.2) is 0 Å². The number of hydrogen-bond acceptors (Lipinski definition) is 4. The van der Waals surface area contributed by atoms with Crippen molar-refractivity contribution in [1.82, 2.24) is 5.32 Å². The molecule has 0 saturated heterocycles. The fourth-order valence-electron chi connectivity index (χ4n) is 1.94. The maximum atomic E-state index is 9.12. The molecule has 0 aliphatic rings. The Bertz CT molecular complexity index is 398. The first-order valence-electron chi connectivity index (χ1n) is 7.25. The zero-order chi connectivity index (χ0) is 15.0. The largest absolute Gasteiger partial charge is 0.496 e. The standard InChI is InChI=1S/C16H27NO2S/c1-5-8-17-13(3)14-6-7-16(19-4)15(9-14)11-20-12(2)10-18/h6-7,9,12-13,17-18H,5,8,10-11H2,1-4H3. The number of aliphatic hydroxyl groups is 1. The van der Waals surface area contributed by atoms with Crippen LogP contribution >= 0.6 is 11.8 Å². The molecular formula is C16H27NO2S. The predicted molar refractivity (Wildman–Crippen MR) is 87.5 cm³/mol. The second-order valence-corrected chi connectivity index (χ2v) is 6.48. The van der Waals surface area contributed by atoms with E-state index in [4.69, 9.17) is 9.84 Å². The molecule has 0 fully saturated rings. The van der Waals surface area contributed by atoms with Gasteiger partial charge in [-0.15, -0.1) is 0 Å². The maximum Gasteiger partial charge on any atom is 0.122 e. The van der Waals surface area contributed by atoms with Gasteiger partial charge in [0.2, 0.25) is 0 Å². The van der Waals surface area contributed by atoms with Crippen LogP contribution in [0.1, 0.15) is 44.4 Å². The average molecular weight is 297 g/mol. The van der Waals surface area contributed by atoms with Crippen LogP contribution in [0.15, 0.2) is 18.2 Å². The highest BCUT2D eigenvalue weighted by Gasteiger charge is 2.10. The van der Waals surface area contributed by atoms with E-state index in [1.807, 2.05) is 13.0 Å². The molecule has 2 unspecified atom stereocenters. The third-order valence-corrected chi connectivity index (χ3v) is 4.48. The number of ether oxygens (including phenoxy) is 1. The lowest BCUT2D eigenvalue weighted by molar-refractivity contribution is 0.300. The van der Waals surface area contributed by atoms with Crippen LogP contribution in [0.2, 0.25) is 0 Å². The van der Waals surface area contributed by atoms with Crippen molar-refractivity contribution < 1.29 is 9.84 Å². The molecule has 3 nitrogen and oxygen atoms in total. The topological polar surface area (TPSA) is 41.5 Å². The molecule has 0 heterocycles. The van der Waals surface area contributed by atoms with Crippen molar-refractivity contribution in [2.24, 2.45) is 0 Å². The van der Waals surface area contributed by atoms with Crippen LogP contribution < -0.4 is 10.1 Å². The Morgan fingerprint density at radius 3 is 2.70 bits per heavy atom. The minimum absolute atomic E-state index is 0.209. The summed E-state index contributed by atoms with van der Waals surface area (Å²) in [7, 11) is 1.71. The van der Waals surface area contributed by atoms with Crippen molar-refractivity contribution in [3.8, 4) is 5.75 Å². The predicted octanol–water partition coefficient (Wildman–Crippen LogP) is 3.37. The number of hydrogen-bond donors (Lipinski definition) is 2. The summed E-state index contributed by atoms with van der Waals surface area (Å²) < 4.78 is 5.43. The molecular weight excluding hydrogens is 270 g/mol. The van der Waals surface area contributed by atoms with Gasteiger partial charge >= 0.3 is 0 Å². The molecule has 0 aliphatic carbocycles. The van der Waals surface area contributed by atoms with E-state index >= 15 is 0 Å². The van der Waals surface area contributed by atoms with E-state index in [0.29, 0.717) is 6.04 Å². The van der Waals surface area contributed by atoms with Crippen LogP contribution in [0.25, 0.3) is 0 Å². The molecule has 0 spiro atoms. The molecule has 0 amide bonds. The van der Waals surface area contributed by atoms with Crippen molar-refractivity contribution >= 4 is 11.8 Å². The SMILES string of the molecule is CCCNC(C)c1ccc(OC)c(CSC(C)CO)c1. The number of methoxy groups -OCH3 is 1. The zero-order valence-electron chi connectivity index (χ0n) is 13.0. The summed E-state index contributed by atoms with van der Waals surface area (Å²) in [6.45, 7) is 7.63. The van der Waals surface area contributed by atoms with Gasteiger partial charge < -0.3 is 15.2 Å². The summed E-state index contributed by atoms with van der Waals surface area (Å²) in [5.41, 5.74) is 2.48. The lowest BCUT2D eigenvalue weighted by Gasteiger charge is -2.17. The molecule has 1 aromatic carbocycles. The summed E-state index contributed by atoms with van der Waals surface area (Å²) in [5, 5.41) is 12.9. The summed E-state index contributed by atoms with van der Waals surface area (Å²) in [4.78, 5) is 0. The van der Waals surface area contributed by atoms with E-state index in [2.05, 4.69) is 31.3 Å². The van der Waals surface area contributed by atoms with E-state index in [9.17, 15) is 0 Å².